The molecule has 0 aliphatic carbocycles. The van der Waals surface area contributed by atoms with Crippen LogP contribution in [0.25, 0.3) is 0 Å². The van der Waals surface area contributed by atoms with Gasteiger partial charge in [0.2, 0.25) is 0 Å². The van der Waals surface area contributed by atoms with Gasteiger partial charge in [0.1, 0.15) is 0 Å². The molecular weight excluding hydrogens is 296 g/mol. The Kier molecular flexibility index (Phi) is 5.35. The van der Waals surface area contributed by atoms with Gasteiger partial charge < -0.3 is 4.74 Å². The second kappa shape index (κ2) is 6.44. The summed E-state index contributed by atoms with van der Waals surface area (Å²) in [5, 5.41) is 6.73. The number of carbonyl (C=O) groups excluding carboxylic acids is 1. The Morgan fingerprint density at radius 3 is 2.57 bits per heavy atom. The fraction of sp³-hybridized carbons (Fsp3) is 0.667. The molecule has 0 aliphatic rings. The number of hydrogen-bond acceptors (Lipinski definition) is 5. The molecule has 0 spiro atoms. The lowest BCUT2D eigenvalue weighted by Gasteiger charge is -2.16. The van der Waals surface area contributed by atoms with E-state index in [1.54, 1.807) is 6.07 Å². The van der Waals surface area contributed by atoms with Crippen molar-refractivity contribution in [3.05, 3.63) is 11.8 Å². The summed E-state index contributed by atoms with van der Waals surface area (Å²) in [5.74, 6) is -0.253. The van der Waals surface area contributed by atoms with Gasteiger partial charge in [0.25, 0.3) is 0 Å². The van der Waals surface area contributed by atoms with Crippen molar-refractivity contribution in [2.45, 2.75) is 32.6 Å². The van der Waals surface area contributed by atoms with Gasteiger partial charge in [0.05, 0.1) is 13.5 Å². The highest BCUT2D eigenvalue weighted by molar-refractivity contribution is 7.90. The number of nitrogens with zero attached hydrogens (tertiary/aromatic N) is 2. The van der Waals surface area contributed by atoms with Crippen LogP contribution in [0, 0.1) is 0 Å². The summed E-state index contributed by atoms with van der Waals surface area (Å²) in [6.45, 7) is 5.99. The van der Waals surface area contributed by atoms with E-state index < -0.39 is 16.2 Å². The fourth-order valence-electron chi connectivity index (χ4n) is 1.44. The summed E-state index contributed by atoms with van der Waals surface area (Å²) in [7, 11) is -1.12. The molecule has 1 heterocycles. The van der Waals surface area contributed by atoms with E-state index in [1.807, 2.05) is 20.8 Å². The van der Waals surface area contributed by atoms with Crippen LogP contribution in [0.2, 0.25) is 0 Å². The number of anilines is 1. The topological polar surface area (TPSA) is 104 Å². The quantitative estimate of drug-likeness (QED) is 0.757. The minimum absolute atomic E-state index is 0.0122. The summed E-state index contributed by atoms with van der Waals surface area (Å²) in [6, 6.07) is 1.64. The SMILES string of the molecule is COC(=O)CCN(C)S(=O)(=O)Nc1cc(C(C)(C)C)[nH]n1. The van der Waals surface area contributed by atoms with E-state index in [0.29, 0.717) is 0 Å². The summed E-state index contributed by atoms with van der Waals surface area (Å²) < 4.78 is 32.0. The number of methoxy groups -OCH3 is 1. The number of carbonyl (C=O) groups is 1. The van der Waals surface area contributed by atoms with E-state index in [1.165, 1.54) is 14.2 Å². The molecule has 0 unspecified atom stereocenters. The highest BCUT2D eigenvalue weighted by Crippen LogP contribution is 2.22. The largest absolute Gasteiger partial charge is 0.469 e. The third-order valence-electron chi connectivity index (χ3n) is 2.89. The molecule has 0 fully saturated rings. The normalized spacial score (nSPS) is 12.5. The van der Waals surface area contributed by atoms with Gasteiger partial charge in [-0.3, -0.25) is 14.6 Å². The lowest BCUT2D eigenvalue weighted by Crippen LogP contribution is -2.34. The van der Waals surface area contributed by atoms with Crippen molar-refractivity contribution in [1.82, 2.24) is 14.5 Å². The Labute approximate surface area is 125 Å². The van der Waals surface area contributed by atoms with E-state index in [-0.39, 0.29) is 24.2 Å². The van der Waals surface area contributed by atoms with Crippen LogP contribution in [0.1, 0.15) is 32.9 Å². The maximum absolute atomic E-state index is 12.1. The first-order valence-corrected chi connectivity index (χ1v) is 7.87. The lowest BCUT2D eigenvalue weighted by atomic mass is 9.92. The van der Waals surface area contributed by atoms with Gasteiger partial charge in [-0.15, -0.1) is 0 Å². The second-order valence-corrected chi connectivity index (χ2v) is 7.45. The Balaban J connectivity index is 2.71. The molecule has 8 nitrogen and oxygen atoms in total. The molecule has 0 saturated carbocycles. The predicted octanol–water partition coefficient (Wildman–Crippen LogP) is 0.859. The number of ether oxygens (including phenoxy) is 1. The number of esters is 1. The molecule has 21 heavy (non-hydrogen) atoms. The average molecular weight is 318 g/mol. The van der Waals surface area contributed by atoms with Crippen LogP contribution in [0.5, 0.6) is 0 Å². The molecule has 0 amide bonds. The van der Waals surface area contributed by atoms with Crippen molar-refractivity contribution >= 4 is 22.0 Å². The molecule has 0 radical (unpaired) electrons. The zero-order chi connectivity index (χ0) is 16.3. The Hall–Kier alpha value is -1.61. The Morgan fingerprint density at radius 1 is 1.48 bits per heavy atom. The lowest BCUT2D eigenvalue weighted by molar-refractivity contribution is -0.140. The van der Waals surface area contributed by atoms with Crippen LogP contribution in [-0.2, 0) is 25.2 Å². The van der Waals surface area contributed by atoms with Gasteiger partial charge in [0, 0.05) is 30.8 Å². The maximum Gasteiger partial charge on any atom is 0.306 e. The summed E-state index contributed by atoms with van der Waals surface area (Å²) in [6.07, 6.45) is -0.0122. The smallest absolute Gasteiger partial charge is 0.306 e. The van der Waals surface area contributed by atoms with Crippen molar-refractivity contribution in [2.75, 3.05) is 25.4 Å². The van der Waals surface area contributed by atoms with Crippen molar-refractivity contribution in [3.8, 4) is 0 Å². The zero-order valence-corrected chi connectivity index (χ0v) is 13.7. The fourth-order valence-corrected chi connectivity index (χ4v) is 2.30. The average Bonchev–Trinajstić information content (AvgIpc) is 2.82. The molecule has 9 heteroatoms. The van der Waals surface area contributed by atoms with Crippen molar-refractivity contribution in [1.29, 1.82) is 0 Å². The van der Waals surface area contributed by atoms with Crippen LogP contribution in [0.4, 0.5) is 5.82 Å². The van der Waals surface area contributed by atoms with E-state index in [2.05, 4.69) is 19.7 Å². The van der Waals surface area contributed by atoms with Crippen LogP contribution in [0.3, 0.4) is 0 Å². The first-order chi connectivity index (χ1) is 9.56. The van der Waals surface area contributed by atoms with Gasteiger partial charge in [-0.1, -0.05) is 20.8 Å². The molecule has 0 aromatic carbocycles. The molecule has 0 aliphatic heterocycles. The van der Waals surface area contributed by atoms with Crippen molar-refractivity contribution in [3.63, 3.8) is 0 Å². The van der Waals surface area contributed by atoms with Gasteiger partial charge in [-0.25, -0.2) is 0 Å². The molecule has 0 atom stereocenters. The monoisotopic (exact) mass is 318 g/mol. The maximum atomic E-state index is 12.1. The number of nitrogens with one attached hydrogen (secondary N) is 2. The first kappa shape index (κ1) is 17.4. The minimum Gasteiger partial charge on any atom is -0.469 e. The summed E-state index contributed by atoms with van der Waals surface area (Å²) in [5.41, 5.74) is 0.658. The van der Waals surface area contributed by atoms with Crippen LogP contribution < -0.4 is 4.72 Å². The van der Waals surface area contributed by atoms with Crippen LogP contribution in [-0.4, -0.2) is 49.6 Å². The van der Waals surface area contributed by atoms with E-state index in [0.717, 1.165) is 10.00 Å². The Bertz CT molecular complexity index is 589. The standard InChI is InChI=1S/C12H22N4O4S/c1-12(2,3)9-8-10(14-13-9)15-21(18,19)16(4)7-6-11(17)20-5/h8H,6-7H2,1-5H3,(H2,13,14,15). The molecule has 120 valence electrons. The molecule has 0 bridgehead atoms. The van der Waals surface area contributed by atoms with Crippen molar-refractivity contribution < 1.29 is 17.9 Å². The third-order valence-corrected chi connectivity index (χ3v) is 4.36. The second-order valence-electron chi connectivity index (χ2n) is 5.67. The highest BCUT2D eigenvalue weighted by Gasteiger charge is 2.22. The van der Waals surface area contributed by atoms with Crippen LogP contribution >= 0.6 is 0 Å². The van der Waals surface area contributed by atoms with E-state index in [4.69, 9.17) is 0 Å². The number of rotatable bonds is 6. The molecule has 1 aromatic rings. The Morgan fingerprint density at radius 2 is 2.10 bits per heavy atom. The molecule has 0 saturated heterocycles. The molecule has 2 N–H and O–H groups in total. The molecular formula is C12H22N4O4S. The number of aromatic amines is 1. The van der Waals surface area contributed by atoms with Gasteiger partial charge in [-0.2, -0.15) is 17.8 Å². The highest BCUT2D eigenvalue weighted by atomic mass is 32.2. The zero-order valence-electron chi connectivity index (χ0n) is 12.9. The predicted molar refractivity (Wildman–Crippen MR) is 79.1 cm³/mol. The van der Waals surface area contributed by atoms with Gasteiger partial charge in [0.15, 0.2) is 5.82 Å². The number of aromatic nitrogens is 2. The summed E-state index contributed by atoms with van der Waals surface area (Å²) >= 11 is 0. The van der Waals surface area contributed by atoms with E-state index >= 15 is 0 Å². The third kappa shape index (κ3) is 5.01. The van der Waals surface area contributed by atoms with Crippen molar-refractivity contribution in [2.24, 2.45) is 0 Å². The van der Waals surface area contributed by atoms with Gasteiger partial charge in [-0.05, 0) is 0 Å². The first-order valence-electron chi connectivity index (χ1n) is 6.43. The minimum atomic E-state index is -3.76. The van der Waals surface area contributed by atoms with Gasteiger partial charge >= 0.3 is 16.2 Å². The van der Waals surface area contributed by atoms with Crippen LogP contribution in [0.15, 0.2) is 6.07 Å². The molecule has 1 aromatic heterocycles. The van der Waals surface area contributed by atoms with E-state index in [9.17, 15) is 13.2 Å². The number of H-pyrrole nitrogens is 1. The molecule has 1 rings (SSSR count). The number of hydrogen-bond donors (Lipinski definition) is 2. The summed E-state index contributed by atoms with van der Waals surface area (Å²) in [4.78, 5) is 11.0.